The standard InChI is InChI=1S/C8H11N5O4/c14-7(6-10-12-13-11-6)9-3-4-1-2-5(17-4)8(15)16/h4-5H,1-3H2,(H,9,14)(H,15,16)(H,10,11,12,13). The number of ether oxygens (including phenoxy) is 1. The van der Waals surface area contributed by atoms with Crippen molar-refractivity contribution in [2.24, 2.45) is 0 Å². The van der Waals surface area contributed by atoms with Crippen LogP contribution in [0.3, 0.4) is 0 Å². The Labute approximate surface area is 95.5 Å². The molecule has 0 spiro atoms. The molecule has 1 saturated heterocycles. The lowest BCUT2D eigenvalue weighted by molar-refractivity contribution is -0.149. The van der Waals surface area contributed by atoms with Crippen molar-refractivity contribution in [2.75, 3.05) is 6.54 Å². The van der Waals surface area contributed by atoms with Crippen molar-refractivity contribution in [3.63, 3.8) is 0 Å². The lowest BCUT2D eigenvalue weighted by Crippen LogP contribution is -2.33. The van der Waals surface area contributed by atoms with Crippen LogP contribution in [0.2, 0.25) is 0 Å². The van der Waals surface area contributed by atoms with E-state index in [0.717, 1.165) is 0 Å². The van der Waals surface area contributed by atoms with Crippen LogP contribution in [0, 0.1) is 0 Å². The molecule has 0 saturated carbocycles. The summed E-state index contributed by atoms with van der Waals surface area (Å²) in [6.45, 7) is 0.233. The summed E-state index contributed by atoms with van der Waals surface area (Å²) >= 11 is 0. The molecule has 2 atom stereocenters. The normalized spacial score (nSPS) is 23.5. The molecule has 0 bridgehead atoms. The number of aliphatic carboxylic acids is 1. The summed E-state index contributed by atoms with van der Waals surface area (Å²) < 4.78 is 5.21. The minimum atomic E-state index is -0.975. The highest BCUT2D eigenvalue weighted by atomic mass is 16.5. The quantitative estimate of drug-likeness (QED) is 0.588. The Bertz CT molecular complexity index is 406. The van der Waals surface area contributed by atoms with Crippen molar-refractivity contribution in [1.82, 2.24) is 25.9 Å². The van der Waals surface area contributed by atoms with Crippen LogP contribution in [0.25, 0.3) is 0 Å². The molecule has 9 heteroatoms. The number of H-pyrrole nitrogens is 1. The maximum absolute atomic E-state index is 11.4. The first-order valence-corrected chi connectivity index (χ1v) is 5.06. The van der Waals surface area contributed by atoms with Crippen LogP contribution in [-0.2, 0) is 9.53 Å². The second kappa shape index (κ2) is 4.87. The summed E-state index contributed by atoms with van der Waals surface area (Å²) in [5, 5.41) is 23.7. The van der Waals surface area contributed by atoms with E-state index in [-0.39, 0.29) is 18.5 Å². The molecule has 1 aromatic heterocycles. The highest BCUT2D eigenvalue weighted by molar-refractivity contribution is 5.90. The number of carbonyl (C=O) groups is 2. The van der Waals surface area contributed by atoms with Crippen LogP contribution in [0.4, 0.5) is 0 Å². The summed E-state index contributed by atoms with van der Waals surface area (Å²) in [6, 6.07) is 0. The molecule has 92 valence electrons. The van der Waals surface area contributed by atoms with Crippen LogP contribution in [0.1, 0.15) is 23.5 Å². The first kappa shape index (κ1) is 11.5. The van der Waals surface area contributed by atoms with Gasteiger partial charge in [0.15, 0.2) is 6.10 Å². The van der Waals surface area contributed by atoms with Gasteiger partial charge in [-0.1, -0.05) is 0 Å². The van der Waals surface area contributed by atoms with Crippen LogP contribution in [-0.4, -0.2) is 56.4 Å². The van der Waals surface area contributed by atoms with E-state index in [0.29, 0.717) is 12.8 Å². The van der Waals surface area contributed by atoms with Gasteiger partial charge >= 0.3 is 5.97 Å². The predicted molar refractivity (Wildman–Crippen MR) is 52.0 cm³/mol. The number of carboxylic acid groups (broad SMARTS) is 1. The topological polar surface area (TPSA) is 130 Å². The third-order valence-electron chi connectivity index (χ3n) is 2.42. The Hall–Kier alpha value is -2.03. The summed E-state index contributed by atoms with van der Waals surface area (Å²) in [4.78, 5) is 22.0. The number of aromatic nitrogens is 4. The third kappa shape index (κ3) is 2.75. The van der Waals surface area contributed by atoms with Crippen molar-refractivity contribution in [1.29, 1.82) is 0 Å². The number of nitrogens with one attached hydrogen (secondary N) is 2. The zero-order chi connectivity index (χ0) is 12.3. The Balaban J connectivity index is 1.76. The average Bonchev–Trinajstić information content (AvgIpc) is 2.97. The number of hydrogen-bond donors (Lipinski definition) is 3. The molecule has 1 aliphatic rings. The van der Waals surface area contributed by atoms with Crippen LogP contribution < -0.4 is 5.32 Å². The molecule has 2 unspecified atom stereocenters. The minimum absolute atomic E-state index is 0.0576. The van der Waals surface area contributed by atoms with Gasteiger partial charge < -0.3 is 15.2 Å². The van der Waals surface area contributed by atoms with E-state index in [4.69, 9.17) is 9.84 Å². The van der Waals surface area contributed by atoms with Gasteiger partial charge in [-0.3, -0.25) is 4.79 Å². The molecule has 2 heterocycles. The van der Waals surface area contributed by atoms with Gasteiger partial charge in [-0.15, -0.1) is 10.2 Å². The molecule has 0 aliphatic carbocycles. The largest absolute Gasteiger partial charge is 0.479 e. The maximum Gasteiger partial charge on any atom is 0.332 e. The average molecular weight is 241 g/mol. The van der Waals surface area contributed by atoms with Gasteiger partial charge in [0.1, 0.15) is 0 Å². The molecule has 9 nitrogen and oxygen atoms in total. The van der Waals surface area contributed by atoms with E-state index in [1.807, 2.05) is 0 Å². The number of hydrogen-bond acceptors (Lipinski definition) is 6. The SMILES string of the molecule is O=C(NCC1CCC(C(=O)O)O1)c1nn[nH]n1. The molecule has 1 aliphatic heterocycles. The van der Waals surface area contributed by atoms with Crippen LogP contribution >= 0.6 is 0 Å². The summed E-state index contributed by atoms with van der Waals surface area (Å²) in [5.41, 5.74) is 0. The fourth-order valence-electron chi connectivity index (χ4n) is 1.58. The van der Waals surface area contributed by atoms with Gasteiger partial charge in [0, 0.05) is 6.54 Å². The second-order valence-corrected chi connectivity index (χ2v) is 3.61. The summed E-state index contributed by atoms with van der Waals surface area (Å²) in [5.74, 6) is -1.50. The molecular weight excluding hydrogens is 230 g/mol. The van der Waals surface area contributed by atoms with Gasteiger partial charge in [-0.05, 0) is 18.1 Å². The molecule has 1 fully saturated rings. The zero-order valence-electron chi connectivity index (χ0n) is 8.79. The monoisotopic (exact) mass is 241 g/mol. The molecule has 17 heavy (non-hydrogen) atoms. The zero-order valence-corrected chi connectivity index (χ0v) is 8.79. The smallest absolute Gasteiger partial charge is 0.332 e. The lowest BCUT2D eigenvalue weighted by Gasteiger charge is -2.11. The van der Waals surface area contributed by atoms with E-state index in [2.05, 4.69) is 25.9 Å². The van der Waals surface area contributed by atoms with Crippen molar-refractivity contribution in [3.8, 4) is 0 Å². The Morgan fingerprint density at radius 2 is 2.35 bits per heavy atom. The van der Waals surface area contributed by atoms with Gasteiger partial charge in [0.2, 0.25) is 0 Å². The first-order chi connectivity index (χ1) is 8.16. The molecule has 1 amide bonds. The molecule has 3 N–H and O–H groups in total. The third-order valence-corrected chi connectivity index (χ3v) is 2.42. The van der Waals surface area contributed by atoms with E-state index in [9.17, 15) is 9.59 Å². The number of carboxylic acids is 1. The van der Waals surface area contributed by atoms with Gasteiger partial charge in [-0.25, -0.2) is 4.79 Å². The Morgan fingerprint density at radius 1 is 1.53 bits per heavy atom. The van der Waals surface area contributed by atoms with Crippen molar-refractivity contribution >= 4 is 11.9 Å². The van der Waals surface area contributed by atoms with Gasteiger partial charge in [0.05, 0.1) is 6.10 Å². The van der Waals surface area contributed by atoms with Crippen molar-refractivity contribution < 1.29 is 19.4 Å². The number of carbonyl (C=O) groups excluding carboxylic acids is 1. The molecule has 2 rings (SSSR count). The van der Waals surface area contributed by atoms with E-state index in [1.54, 1.807) is 0 Å². The van der Waals surface area contributed by atoms with E-state index < -0.39 is 18.0 Å². The van der Waals surface area contributed by atoms with Crippen molar-refractivity contribution in [2.45, 2.75) is 25.0 Å². The summed E-state index contributed by atoms with van der Waals surface area (Å²) in [6.07, 6.45) is -0.00397. The Morgan fingerprint density at radius 3 is 2.94 bits per heavy atom. The highest BCUT2D eigenvalue weighted by Crippen LogP contribution is 2.19. The van der Waals surface area contributed by atoms with Gasteiger partial charge in [0.25, 0.3) is 11.7 Å². The predicted octanol–water partition coefficient (Wildman–Crippen LogP) is -1.44. The van der Waals surface area contributed by atoms with E-state index in [1.165, 1.54) is 0 Å². The van der Waals surface area contributed by atoms with Crippen molar-refractivity contribution in [3.05, 3.63) is 5.82 Å². The fourth-order valence-corrected chi connectivity index (χ4v) is 1.58. The molecular formula is C8H11N5O4. The minimum Gasteiger partial charge on any atom is -0.479 e. The molecule has 1 aromatic rings. The highest BCUT2D eigenvalue weighted by Gasteiger charge is 2.30. The van der Waals surface area contributed by atoms with Gasteiger partial charge in [-0.2, -0.15) is 5.21 Å². The number of rotatable bonds is 4. The second-order valence-electron chi connectivity index (χ2n) is 3.61. The maximum atomic E-state index is 11.4. The Kier molecular flexibility index (Phi) is 3.28. The number of nitrogens with zero attached hydrogens (tertiary/aromatic N) is 3. The van der Waals surface area contributed by atoms with Crippen LogP contribution in [0.5, 0.6) is 0 Å². The molecule has 0 radical (unpaired) electrons. The van der Waals surface area contributed by atoms with Crippen LogP contribution in [0.15, 0.2) is 0 Å². The number of tetrazole rings is 1. The molecule has 0 aromatic carbocycles. The summed E-state index contributed by atoms with van der Waals surface area (Å²) in [7, 11) is 0. The van der Waals surface area contributed by atoms with E-state index >= 15 is 0 Å². The lowest BCUT2D eigenvalue weighted by atomic mass is 10.2. The number of amides is 1. The first-order valence-electron chi connectivity index (χ1n) is 5.06. The number of aromatic amines is 1. The fraction of sp³-hybridized carbons (Fsp3) is 0.625.